The zero-order valence-corrected chi connectivity index (χ0v) is 15.1. The minimum absolute atomic E-state index is 0.0903. The number of urea groups is 1. The maximum Gasteiger partial charge on any atom is 0.325 e. The van der Waals surface area contributed by atoms with Crippen molar-refractivity contribution >= 4 is 23.5 Å². The molecule has 1 aromatic carbocycles. The van der Waals surface area contributed by atoms with Gasteiger partial charge in [-0.25, -0.2) is 4.79 Å². The average Bonchev–Trinajstić information content (AvgIpc) is 3.08. The van der Waals surface area contributed by atoms with Crippen LogP contribution < -0.4 is 5.32 Å². The van der Waals surface area contributed by atoms with Crippen molar-refractivity contribution < 1.29 is 14.1 Å². The fourth-order valence-corrected chi connectivity index (χ4v) is 3.92. The molecule has 0 unspecified atom stereocenters. The van der Waals surface area contributed by atoms with Gasteiger partial charge in [-0.1, -0.05) is 54.6 Å². The lowest BCUT2D eigenvalue weighted by Crippen LogP contribution is -2.46. The molecule has 136 valence electrons. The van der Waals surface area contributed by atoms with Crippen LogP contribution in [0.15, 0.2) is 34.9 Å². The Labute approximate surface area is 156 Å². The molecule has 6 nitrogen and oxygen atoms in total. The van der Waals surface area contributed by atoms with E-state index in [4.69, 9.17) is 16.1 Å². The molecule has 1 saturated heterocycles. The molecule has 3 amide bonds. The number of imide groups is 1. The van der Waals surface area contributed by atoms with E-state index in [1.54, 1.807) is 18.2 Å². The van der Waals surface area contributed by atoms with Crippen LogP contribution in [0.1, 0.15) is 44.3 Å². The second kappa shape index (κ2) is 6.76. The molecule has 2 aliphatic rings. The molecular formula is C19H20ClN3O3. The molecule has 2 fully saturated rings. The van der Waals surface area contributed by atoms with Gasteiger partial charge in [0.25, 0.3) is 5.91 Å². The fraction of sp³-hybridized carbons (Fsp3) is 0.421. The Bertz CT molecular complexity index is 823. The minimum atomic E-state index is -0.730. The number of carbonyl (C=O) groups excluding carboxylic acids is 2. The van der Waals surface area contributed by atoms with Gasteiger partial charge in [0.15, 0.2) is 5.76 Å². The average molecular weight is 374 g/mol. The van der Waals surface area contributed by atoms with E-state index in [0.717, 1.165) is 31.2 Å². The van der Waals surface area contributed by atoms with Gasteiger partial charge in [-0.3, -0.25) is 9.69 Å². The zero-order chi connectivity index (χ0) is 18.1. The molecule has 1 aromatic heterocycles. The molecule has 1 spiro atoms. The number of amides is 3. The van der Waals surface area contributed by atoms with Crippen molar-refractivity contribution in [2.45, 2.75) is 50.6 Å². The van der Waals surface area contributed by atoms with Gasteiger partial charge in [0.2, 0.25) is 0 Å². The lowest BCUT2D eigenvalue weighted by atomic mass is 9.90. The van der Waals surface area contributed by atoms with E-state index in [1.165, 1.54) is 4.90 Å². The molecule has 0 atom stereocenters. The smallest absolute Gasteiger partial charge is 0.325 e. The molecular weight excluding hydrogens is 354 g/mol. The first-order valence-corrected chi connectivity index (χ1v) is 9.31. The van der Waals surface area contributed by atoms with Crippen LogP contribution in [0, 0.1) is 0 Å². The van der Waals surface area contributed by atoms with Gasteiger partial charge < -0.3 is 9.84 Å². The van der Waals surface area contributed by atoms with E-state index < -0.39 is 5.54 Å². The Balaban J connectivity index is 1.51. The van der Waals surface area contributed by atoms with Crippen LogP contribution in [-0.2, 0) is 11.3 Å². The van der Waals surface area contributed by atoms with E-state index in [0.29, 0.717) is 29.3 Å². The Morgan fingerprint density at radius 1 is 1.12 bits per heavy atom. The first kappa shape index (κ1) is 17.1. The number of nitrogens with zero attached hydrogens (tertiary/aromatic N) is 2. The minimum Gasteiger partial charge on any atom is -0.359 e. The summed E-state index contributed by atoms with van der Waals surface area (Å²) in [5.41, 5.74) is 0.779. The molecule has 2 heterocycles. The van der Waals surface area contributed by atoms with Gasteiger partial charge in [0.05, 0.1) is 6.54 Å². The van der Waals surface area contributed by atoms with Crippen molar-refractivity contribution in [3.05, 3.63) is 41.1 Å². The summed E-state index contributed by atoms with van der Waals surface area (Å²) in [4.78, 5) is 26.6. The molecule has 1 saturated carbocycles. The first-order valence-electron chi connectivity index (χ1n) is 8.93. The van der Waals surface area contributed by atoms with Gasteiger partial charge in [0, 0.05) is 16.7 Å². The maximum atomic E-state index is 12.9. The molecule has 1 aliphatic carbocycles. The number of benzene rings is 1. The fourth-order valence-electron chi connectivity index (χ4n) is 3.79. The summed E-state index contributed by atoms with van der Waals surface area (Å²) in [6.07, 6.45) is 5.56. The Kier molecular flexibility index (Phi) is 4.44. The number of rotatable bonds is 3. The van der Waals surface area contributed by atoms with E-state index in [2.05, 4.69) is 10.5 Å². The number of hydrogen-bond donors (Lipinski definition) is 1. The lowest BCUT2D eigenvalue weighted by molar-refractivity contribution is -0.132. The molecule has 2 aromatic rings. The molecule has 1 aliphatic heterocycles. The Morgan fingerprint density at radius 3 is 2.50 bits per heavy atom. The van der Waals surface area contributed by atoms with Crippen molar-refractivity contribution in [2.24, 2.45) is 0 Å². The Morgan fingerprint density at radius 2 is 1.81 bits per heavy atom. The van der Waals surface area contributed by atoms with Gasteiger partial charge in [-0.2, -0.15) is 0 Å². The standard InChI is InChI=1S/C19H20ClN3O3/c20-14-7-5-13(6-8-14)16-11-15(26-22-16)12-23-17(24)19(21-18(23)25)9-3-1-2-4-10-19/h5-8,11H,1-4,9-10,12H2,(H,21,25). The maximum absolute atomic E-state index is 12.9. The quantitative estimate of drug-likeness (QED) is 0.820. The third-order valence-corrected chi connectivity index (χ3v) is 5.47. The number of carbonyl (C=O) groups is 2. The van der Waals surface area contributed by atoms with Crippen LogP contribution in [0.4, 0.5) is 4.79 Å². The van der Waals surface area contributed by atoms with Gasteiger partial charge in [0.1, 0.15) is 11.2 Å². The predicted molar refractivity (Wildman–Crippen MR) is 96.5 cm³/mol. The summed E-state index contributed by atoms with van der Waals surface area (Å²) in [6.45, 7) is 0.0903. The highest BCUT2D eigenvalue weighted by Gasteiger charge is 2.50. The topological polar surface area (TPSA) is 75.4 Å². The van der Waals surface area contributed by atoms with Crippen LogP contribution in [0.5, 0.6) is 0 Å². The molecule has 0 bridgehead atoms. The van der Waals surface area contributed by atoms with Crippen molar-refractivity contribution in [1.82, 2.24) is 15.4 Å². The van der Waals surface area contributed by atoms with Crippen LogP contribution in [-0.4, -0.2) is 27.5 Å². The number of halogens is 1. The van der Waals surface area contributed by atoms with Crippen molar-refractivity contribution in [1.29, 1.82) is 0 Å². The second-order valence-electron chi connectivity index (χ2n) is 7.00. The van der Waals surface area contributed by atoms with Crippen LogP contribution in [0.2, 0.25) is 5.02 Å². The van der Waals surface area contributed by atoms with Gasteiger partial charge in [-0.15, -0.1) is 0 Å². The number of hydrogen-bond acceptors (Lipinski definition) is 4. The lowest BCUT2D eigenvalue weighted by Gasteiger charge is -2.24. The third kappa shape index (κ3) is 3.09. The van der Waals surface area contributed by atoms with E-state index in [-0.39, 0.29) is 18.5 Å². The Hall–Kier alpha value is -2.34. The predicted octanol–water partition coefficient (Wildman–Crippen LogP) is 4.14. The van der Waals surface area contributed by atoms with E-state index in [9.17, 15) is 9.59 Å². The number of aromatic nitrogens is 1. The van der Waals surface area contributed by atoms with Crippen LogP contribution >= 0.6 is 11.6 Å². The van der Waals surface area contributed by atoms with E-state index in [1.807, 2.05) is 12.1 Å². The van der Waals surface area contributed by atoms with Gasteiger partial charge >= 0.3 is 6.03 Å². The van der Waals surface area contributed by atoms with Crippen molar-refractivity contribution in [3.8, 4) is 11.3 Å². The SMILES string of the molecule is O=C1NC2(CCCCCC2)C(=O)N1Cc1cc(-c2ccc(Cl)cc2)no1. The monoisotopic (exact) mass is 373 g/mol. The summed E-state index contributed by atoms with van der Waals surface area (Å²) >= 11 is 5.90. The third-order valence-electron chi connectivity index (χ3n) is 5.22. The summed E-state index contributed by atoms with van der Waals surface area (Å²) in [5.74, 6) is 0.331. The molecule has 4 rings (SSSR count). The summed E-state index contributed by atoms with van der Waals surface area (Å²) in [5, 5.41) is 7.62. The molecule has 26 heavy (non-hydrogen) atoms. The van der Waals surface area contributed by atoms with Crippen LogP contribution in [0.25, 0.3) is 11.3 Å². The second-order valence-corrected chi connectivity index (χ2v) is 7.44. The molecule has 0 radical (unpaired) electrons. The summed E-state index contributed by atoms with van der Waals surface area (Å²) in [7, 11) is 0. The zero-order valence-electron chi connectivity index (χ0n) is 14.3. The van der Waals surface area contributed by atoms with Crippen molar-refractivity contribution in [2.75, 3.05) is 0 Å². The molecule has 7 heteroatoms. The highest BCUT2D eigenvalue weighted by molar-refractivity contribution is 6.30. The summed E-state index contributed by atoms with van der Waals surface area (Å²) in [6, 6.07) is 8.65. The van der Waals surface area contributed by atoms with Crippen LogP contribution in [0.3, 0.4) is 0 Å². The largest absolute Gasteiger partial charge is 0.359 e. The van der Waals surface area contributed by atoms with Gasteiger partial charge in [-0.05, 0) is 25.0 Å². The number of nitrogens with one attached hydrogen (secondary N) is 1. The highest BCUT2D eigenvalue weighted by Crippen LogP contribution is 2.33. The highest BCUT2D eigenvalue weighted by atomic mass is 35.5. The first-order chi connectivity index (χ1) is 12.6. The van der Waals surface area contributed by atoms with E-state index >= 15 is 0 Å². The summed E-state index contributed by atoms with van der Waals surface area (Å²) < 4.78 is 5.35. The normalized spacial score (nSPS) is 19.7. The molecule has 1 N–H and O–H groups in total. The van der Waals surface area contributed by atoms with Crippen molar-refractivity contribution in [3.63, 3.8) is 0 Å².